The molecular weight excluding hydrogens is 234 g/mol. The van der Waals surface area contributed by atoms with Gasteiger partial charge in [-0.2, -0.15) is 0 Å². The maximum Gasteiger partial charge on any atom is 0.219 e. The predicted molar refractivity (Wildman–Crippen MR) is 70.1 cm³/mol. The van der Waals surface area contributed by atoms with Crippen molar-refractivity contribution in [1.82, 2.24) is 4.90 Å². The van der Waals surface area contributed by atoms with Crippen molar-refractivity contribution < 1.29 is 9.90 Å². The molecule has 1 amide bonds. The summed E-state index contributed by atoms with van der Waals surface area (Å²) in [4.78, 5) is 13.0. The molecule has 1 unspecified atom stereocenters. The van der Waals surface area contributed by atoms with Gasteiger partial charge in [0, 0.05) is 18.7 Å². The van der Waals surface area contributed by atoms with Crippen LogP contribution < -0.4 is 0 Å². The van der Waals surface area contributed by atoms with Crippen LogP contribution in [0.5, 0.6) is 0 Å². The second-order valence-corrected chi connectivity index (χ2v) is 4.93. The fourth-order valence-electron chi connectivity index (χ4n) is 1.91. The molecule has 17 heavy (non-hydrogen) atoms. The van der Waals surface area contributed by atoms with Gasteiger partial charge in [0.25, 0.3) is 0 Å². The SMILES string of the molecule is CC(=O)N(C)C(CO)c1csc2ccccc12. The summed E-state index contributed by atoms with van der Waals surface area (Å²) in [5, 5.41) is 12.6. The lowest BCUT2D eigenvalue weighted by molar-refractivity contribution is -0.130. The van der Waals surface area contributed by atoms with Crippen LogP contribution in [0.4, 0.5) is 0 Å². The molecule has 0 aliphatic heterocycles. The van der Waals surface area contributed by atoms with E-state index >= 15 is 0 Å². The zero-order valence-electron chi connectivity index (χ0n) is 9.88. The van der Waals surface area contributed by atoms with Gasteiger partial charge in [-0.1, -0.05) is 18.2 Å². The van der Waals surface area contributed by atoms with Crippen molar-refractivity contribution in [1.29, 1.82) is 0 Å². The van der Waals surface area contributed by atoms with E-state index in [1.807, 2.05) is 29.6 Å². The molecule has 0 aliphatic rings. The molecule has 1 aromatic heterocycles. The number of aliphatic hydroxyl groups is 1. The minimum Gasteiger partial charge on any atom is -0.394 e. The number of aliphatic hydroxyl groups excluding tert-OH is 1. The summed E-state index contributed by atoms with van der Waals surface area (Å²) in [7, 11) is 1.72. The molecule has 4 heteroatoms. The Labute approximate surface area is 104 Å². The number of likely N-dealkylation sites (N-methyl/N-ethyl adjacent to an activating group) is 1. The first-order valence-electron chi connectivity index (χ1n) is 5.45. The van der Waals surface area contributed by atoms with Gasteiger partial charge in [-0.05, 0) is 22.4 Å². The van der Waals surface area contributed by atoms with Crippen molar-refractivity contribution in [2.24, 2.45) is 0 Å². The third-order valence-corrected chi connectivity index (χ3v) is 3.99. The molecule has 2 rings (SSSR count). The standard InChI is InChI=1S/C13H15NO2S/c1-9(16)14(2)12(7-15)11-8-17-13-6-4-3-5-10(11)13/h3-6,8,12,15H,7H2,1-2H3. The highest BCUT2D eigenvalue weighted by Gasteiger charge is 2.21. The number of benzene rings is 1. The Morgan fingerprint density at radius 2 is 2.18 bits per heavy atom. The molecular formula is C13H15NO2S. The van der Waals surface area contributed by atoms with Crippen LogP contribution in [0.25, 0.3) is 10.1 Å². The minimum atomic E-state index is -0.261. The molecule has 1 heterocycles. The topological polar surface area (TPSA) is 40.5 Å². The molecule has 2 aromatic rings. The summed E-state index contributed by atoms with van der Waals surface area (Å²) in [5.74, 6) is -0.0423. The van der Waals surface area contributed by atoms with E-state index in [9.17, 15) is 9.90 Å². The number of hydrogen-bond donors (Lipinski definition) is 1. The van der Waals surface area contributed by atoms with Crippen LogP contribution in [0.15, 0.2) is 29.6 Å². The molecule has 0 radical (unpaired) electrons. The highest BCUT2D eigenvalue weighted by molar-refractivity contribution is 7.17. The van der Waals surface area contributed by atoms with Gasteiger partial charge in [0.05, 0.1) is 12.6 Å². The Kier molecular flexibility index (Phi) is 3.45. The third kappa shape index (κ3) is 2.18. The van der Waals surface area contributed by atoms with Crippen LogP contribution >= 0.6 is 11.3 Å². The lowest BCUT2D eigenvalue weighted by Gasteiger charge is -2.25. The lowest BCUT2D eigenvalue weighted by Crippen LogP contribution is -2.31. The fraction of sp³-hybridized carbons (Fsp3) is 0.308. The van der Waals surface area contributed by atoms with E-state index < -0.39 is 0 Å². The first-order valence-corrected chi connectivity index (χ1v) is 6.33. The quantitative estimate of drug-likeness (QED) is 0.907. The fourth-order valence-corrected chi connectivity index (χ4v) is 2.91. The molecule has 3 nitrogen and oxygen atoms in total. The van der Waals surface area contributed by atoms with E-state index in [4.69, 9.17) is 0 Å². The Hall–Kier alpha value is -1.39. The summed E-state index contributed by atoms with van der Waals surface area (Å²) in [6.07, 6.45) is 0. The monoisotopic (exact) mass is 249 g/mol. The van der Waals surface area contributed by atoms with E-state index in [0.29, 0.717) is 0 Å². The van der Waals surface area contributed by atoms with Crippen LogP contribution in [-0.2, 0) is 4.79 Å². The van der Waals surface area contributed by atoms with Crippen molar-refractivity contribution >= 4 is 27.3 Å². The molecule has 1 atom stereocenters. The van der Waals surface area contributed by atoms with Crippen LogP contribution in [-0.4, -0.2) is 29.6 Å². The van der Waals surface area contributed by atoms with Gasteiger partial charge in [-0.15, -0.1) is 11.3 Å². The number of amides is 1. The number of fused-ring (bicyclic) bond motifs is 1. The second kappa shape index (κ2) is 4.85. The molecule has 1 aromatic carbocycles. The second-order valence-electron chi connectivity index (χ2n) is 4.02. The summed E-state index contributed by atoms with van der Waals surface area (Å²) in [6.45, 7) is 1.45. The molecule has 0 saturated carbocycles. The van der Waals surface area contributed by atoms with Gasteiger partial charge in [-0.3, -0.25) is 4.79 Å². The molecule has 0 bridgehead atoms. The number of carbonyl (C=O) groups is 1. The average molecular weight is 249 g/mol. The zero-order chi connectivity index (χ0) is 12.4. The minimum absolute atomic E-state index is 0.0423. The van der Waals surface area contributed by atoms with Crippen molar-refractivity contribution in [3.63, 3.8) is 0 Å². The van der Waals surface area contributed by atoms with Crippen molar-refractivity contribution in [3.8, 4) is 0 Å². The van der Waals surface area contributed by atoms with E-state index in [-0.39, 0.29) is 18.6 Å². The van der Waals surface area contributed by atoms with E-state index in [1.165, 1.54) is 11.6 Å². The van der Waals surface area contributed by atoms with Crippen LogP contribution in [0.3, 0.4) is 0 Å². The van der Waals surface area contributed by atoms with Gasteiger partial charge in [-0.25, -0.2) is 0 Å². The van der Waals surface area contributed by atoms with Gasteiger partial charge in [0.15, 0.2) is 0 Å². The highest BCUT2D eigenvalue weighted by Crippen LogP contribution is 2.32. The van der Waals surface area contributed by atoms with Crippen molar-refractivity contribution in [3.05, 3.63) is 35.2 Å². The molecule has 90 valence electrons. The Morgan fingerprint density at radius 3 is 2.82 bits per heavy atom. The first-order chi connectivity index (χ1) is 8.15. The highest BCUT2D eigenvalue weighted by atomic mass is 32.1. The van der Waals surface area contributed by atoms with Gasteiger partial charge < -0.3 is 10.0 Å². The van der Waals surface area contributed by atoms with Gasteiger partial charge in [0.1, 0.15) is 0 Å². The average Bonchev–Trinajstić information content (AvgIpc) is 2.74. The normalized spacial score (nSPS) is 12.6. The summed E-state index contributed by atoms with van der Waals surface area (Å²) < 4.78 is 1.18. The summed E-state index contributed by atoms with van der Waals surface area (Å²) in [5.41, 5.74) is 1.02. The number of carbonyl (C=O) groups excluding carboxylic acids is 1. The molecule has 0 saturated heterocycles. The van der Waals surface area contributed by atoms with Gasteiger partial charge >= 0.3 is 0 Å². The smallest absolute Gasteiger partial charge is 0.219 e. The van der Waals surface area contributed by atoms with E-state index in [2.05, 4.69) is 0 Å². The maximum absolute atomic E-state index is 11.4. The van der Waals surface area contributed by atoms with Crippen LogP contribution in [0.2, 0.25) is 0 Å². The largest absolute Gasteiger partial charge is 0.394 e. The Morgan fingerprint density at radius 1 is 1.47 bits per heavy atom. The number of rotatable bonds is 3. The van der Waals surface area contributed by atoms with E-state index in [0.717, 1.165) is 10.9 Å². The number of nitrogens with zero attached hydrogens (tertiary/aromatic N) is 1. The van der Waals surface area contributed by atoms with Crippen molar-refractivity contribution in [2.45, 2.75) is 13.0 Å². The summed E-state index contributed by atoms with van der Waals surface area (Å²) >= 11 is 1.64. The van der Waals surface area contributed by atoms with Gasteiger partial charge in [0.2, 0.25) is 5.91 Å². The van der Waals surface area contributed by atoms with Crippen LogP contribution in [0, 0.1) is 0 Å². The predicted octanol–water partition coefficient (Wildman–Crippen LogP) is 2.41. The molecule has 0 fully saturated rings. The first kappa shape index (κ1) is 12.1. The van der Waals surface area contributed by atoms with E-state index in [1.54, 1.807) is 23.3 Å². The maximum atomic E-state index is 11.4. The number of thiophene rings is 1. The third-order valence-electron chi connectivity index (χ3n) is 3.01. The molecule has 0 spiro atoms. The van der Waals surface area contributed by atoms with Crippen molar-refractivity contribution in [2.75, 3.05) is 13.7 Å². The van der Waals surface area contributed by atoms with Crippen LogP contribution in [0.1, 0.15) is 18.5 Å². The Bertz CT molecular complexity index is 535. The Balaban J connectivity index is 2.47. The lowest BCUT2D eigenvalue weighted by atomic mass is 10.1. The number of hydrogen-bond acceptors (Lipinski definition) is 3. The molecule has 0 aliphatic carbocycles. The zero-order valence-corrected chi connectivity index (χ0v) is 10.7. The summed E-state index contributed by atoms with van der Waals surface area (Å²) in [6, 6.07) is 7.78. The molecule has 1 N–H and O–H groups in total.